The molecule has 3 nitrogen and oxygen atoms in total. The lowest BCUT2D eigenvalue weighted by molar-refractivity contribution is 0.414. The number of benzene rings is 1. The Morgan fingerprint density at radius 1 is 1.36 bits per heavy atom. The predicted molar refractivity (Wildman–Crippen MR) is 62.6 cm³/mol. The fraction of sp³-hybridized carbons (Fsp3) is 0.300. The summed E-state index contributed by atoms with van der Waals surface area (Å²) in [6, 6.07) is 7.52. The first-order valence-corrected chi connectivity index (χ1v) is 3.68. The Morgan fingerprint density at radius 3 is 2.21 bits per heavy atom. The molecule has 0 spiro atoms. The van der Waals surface area contributed by atoms with Crippen molar-refractivity contribution in [2.45, 2.75) is 13.8 Å². The normalized spacial score (nSPS) is 8.07. The molecule has 0 radical (unpaired) electrons. The Hall–Kier alpha value is -1.22. The lowest BCUT2D eigenvalue weighted by Crippen LogP contribution is -2.12. The molecule has 0 fully saturated rings. The fourth-order valence-electron chi connectivity index (χ4n) is 0.963. The van der Waals surface area contributed by atoms with Crippen LogP contribution in [0.25, 0.3) is 0 Å². The molecule has 0 atom stereocenters. The molecule has 0 amide bonds. The third kappa shape index (κ3) is 4.72. The van der Waals surface area contributed by atoms with E-state index in [4.69, 9.17) is 15.9 Å². The highest BCUT2D eigenvalue weighted by Crippen LogP contribution is 2.11. The zero-order valence-corrected chi connectivity index (χ0v) is 8.23. The Morgan fingerprint density at radius 2 is 1.86 bits per heavy atom. The molecule has 4 heteroatoms. The van der Waals surface area contributed by atoms with Gasteiger partial charge in [-0.3, -0.25) is 5.41 Å². The summed E-state index contributed by atoms with van der Waals surface area (Å²) in [5, 5.41) is 7.08. The van der Waals surface area contributed by atoms with Crippen molar-refractivity contribution in [3.8, 4) is 5.75 Å². The highest BCUT2D eigenvalue weighted by Gasteiger charge is 1.95. The zero-order chi connectivity index (χ0) is 8.97. The van der Waals surface area contributed by atoms with Gasteiger partial charge >= 0.3 is 0 Å². The molecule has 1 aromatic rings. The monoisotopic (exact) mass is 216 g/mol. The van der Waals surface area contributed by atoms with Crippen LogP contribution in [-0.2, 0) is 6.42 Å². The van der Waals surface area contributed by atoms with E-state index in [0.717, 1.165) is 11.3 Å². The van der Waals surface area contributed by atoms with Gasteiger partial charge in [0.2, 0.25) is 0 Å². The minimum Gasteiger partial charge on any atom is -0.497 e. The van der Waals surface area contributed by atoms with Crippen LogP contribution >= 0.6 is 12.4 Å². The molecule has 0 saturated heterocycles. The molecule has 1 rings (SSSR count). The Kier molecular flexibility index (Phi) is 7.86. The van der Waals surface area contributed by atoms with Gasteiger partial charge in [0.25, 0.3) is 0 Å². The second-order valence-corrected chi connectivity index (χ2v) is 2.55. The number of hydrogen-bond acceptors (Lipinski definition) is 2. The summed E-state index contributed by atoms with van der Waals surface area (Å²) in [6.07, 6.45) is 0.504. The molecule has 0 unspecified atom stereocenters. The van der Waals surface area contributed by atoms with Gasteiger partial charge in [-0.2, -0.15) is 0 Å². The van der Waals surface area contributed by atoms with Crippen molar-refractivity contribution in [3.05, 3.63) is 29.8 Å². The molecular formula is C10H17ClN2O. The van der Waals surface area contributed by atoms with E-state index in [1.165, 1.54) is 0 Å². The van der Waals surface area contributed by atoms with Crippen LogP contribution in [0.2, 0.25) is 0 Å². The van der Waals surface area contributed by atoms with E-state index in [1.54, 1.807) is 7.11 Å². The molecule has 0 saturated carbocycles. The van der Waals surface area contributed by atoms with Gasteiger partial charge in [-0.15, -0.1) is 12.4 Å². The molecule has 80 valence electrons. The largest absolute Gasteiger partial charge is 0.497 e. The van der Waals surface area contributed by atoms with Crippen LogP contribution in [0.3, 0.4) is 0 Å². The van der Waals surface area contributed by atoms with Gasteiger partial charge in [0.1, 0.15) is 5.75 Å². The number of nitrogens with two attached hydrogens (primary N) is 1. The second kappa shape index (κ2) is 7.21. The molecule has 0 aliphatic heterocycles. The molecule has 0 aliphatic rings. The topological polar surface area (TPSA) is 59.1 Å². The van der Waals surface area contributed by atoms with Gasteiger partial charge in [0, 0.05) is 6.42 Å². The number of ether oxygens (including phenoxy) is 1. The fourth-order valence-corrected chi connectivity index (χ4v) is 0.963. The maximum absolute atomic E-state index is 7.08. The average Bonchev–Trinajstić information content (AvgIpc) is 2.05. The van der Waals surface area contributed by atoms with E-state index in [9.17, 15) is 0 Å². The number of methoxy groups -OCH3 is 1. The predicted octanol–water partition coefficient (Wildman–Crippen LogP) is 2.23. The third-order valence-electron chi connectivity index (χ3n) is 1.55. The molecule has 0 aromatic heterocycles. The number of nitrogens with one attached hydrogen (secondary N) is 1. The second-order valence-electron chi connectivity index (χ2n) is 2.55. The van der Waals surface area contributed by atoms with Crippen LogP contribution in [0.1, 0.15) is 13.0 Å². The number of rotatable bonds is 3. The van der Waals surface area contributed by atoms with Gasteiger partial charge in [-0.05, 0) is 17.7 Å². The lowest BCUT2D eigenvalue weighted by atomic mass is 10.1. The molecular weight excluding hydrogens is 200 g/mol. The summed E-state index contributed by atoms with van der Waals surface area (Å²) in [4.78, 5) is 0. The lowest BCUT2D eigenvalue weighted by Gasteiger charge is -2.01. The molecule has 1 aromatic carbocycles. The summed E-state index contributed by atoms with van der Waals surface area (Å²) in [5.41, 5.74) is 6.28. The summed E-state index contributed by atoms with van der Waals surface area (Å²) in [7, 11) is 1.62. The molecule has 0 bridgehead atoms. The van der Waals surface area contributed by atoms with E-state index < -0.39 is 0 Å². The number of halogens is 1. The highest BCUT2D eigenvalue weighted by atomic mass is 35.5. The van der Waals surface area contributed by atoms with Crippen LogP contribution in [0.5, 0.6) is 5.75 Å². The van der Waals surface area contributed by atoms with Crippen molar-refractivity contribution in [2.24, 2.45) is 5.73 Å². The zero-order valence-electron chi connectivity index (χ0n) is 7.41. The van der Waals surface area contributed by atoms with Crippen LogP contribution in [0, 0.1) is 5.41 Å². The molecule has 14 heavy (non-hydrogen) atoms. The van der Waals surface area contributed by atoms with E-state index in [1.807, 2.05) is 24.3 Å². The minimum absolute atomic E-state index is 0. The Balaban J connectivity index is 0. The van der Waals surface area contributed by atoms with Gasteiger partial charge < -0.3 is 10.5 Å². The molecule has 0 heterocycles. The van der Waals surface area contributed by atoms with Crippen LogP contribution in [-0.4, -0.2) is 12.9 Å². The maximum atomic E-state index is 7.08. The van der Waals surface area contributed by atoms with Crippen molar-refractivity contribution in [1.82, 2.24) is 0 Å². The van der Waals surface area contributed by atoms with Crippen molar-refractivity contribution >= 4 is 18.2 Å². The van der Waals surface area contributed by atoms with Gasteiger partial charge in [0.15, 0.2) is 0 Å². The maximum Gasteiger partial charge on any atom is 0.118 e. The van der Waals surface area contributed by atoms with Gasteiger partial charge in [0.05, 0.1) is 12.9 Å². The highest BCUT2D eigenvalue weighted by molar-refractivity contribution is 5.85. The quantitative estimate of drug-likeness (QED) is 0.601. The van der Waals surface area contributed by atoms with E-state index in [0.29, 0.717) is 6.42 Å². The van der Waals surface area contributed by atoms with Gasteiger partial charge in [-0.25, -0.2) is 0 Å². The summed E-state index contributed by atoms with van der Waals surface area (Å²) in [5.74, 6) is 1.00. The smallest absolute Gasteiger partial charge is 0.118 e. The first-order chi connectivity index (χ1) is 5.72. The third-order valence-corrected chi connectivity index (χ3v) is 1.55. The standard InChI is InChI=1S/C9H12N2O.CH4.ClH/c1-12-8-4-2-7(3-5-8)6-9(10)11;;/h2-5H,6H2,1H3,(H3,10,11);1H4;1H. The molecule has 0 aliphatic carbocycles. The van der Waals surface area contributed by atoms with Crippen molar-refractivity contribution < 1.29 is 4.74 Å². The van der Waals surface area contributed by atoms with Crippen LogP contribution in [0.15, 0.2) is 24.3 Å². The van der Waals surface area contributed by atoms with E-state index in [-0.39, 0.29) is 25.7 Å². The Bertz CT molecular complexity index is 272. The molecule has 3 N–H and O–H groups in total. The first kappa shape index (κ1) is 15.3. The van der Waals surface area contributed by atoms with Gasteiger partial charge in [-0.1, -0.05) is 19.6 Å². The summed E-state index contributed by atoms with van der Waals surface area (Å²) < 4.78 is 4.99. The van der Waals surface area contributed by atoms with E-state index >= 15 is 0 Å². The van der Waals surface area contributed by atoms with E-state index in [2.05, 4.69) is 0 Å². The van der Waals surface area contributed by atoms with Crippen LogP contribution in [0.4, 0.5) is 0 Å². The first-order valence-electron chi connectivity index (χ1n) is 3.68. The number of amidine groups is 1. The van der Waals surface area contributed by atoms with Crippen molar-refractivity contribution in [2.75, 3.05) is 7.11 Å². The van der Waals surface area contributed by atoms with Crippen molar-refractivity contribution in [1.29, 1.82) is 5.41 Å². The summed E-state index contributed by atoms with van der Waals surface area (Å²) in [6.45, 7) is 0. The SMILES string of the molecule is C.COc1ccc(CC(=N)N)cc1.Cl. The summed E-state index contributed by atoms with van der Waals surface area (Å²) >= 11 is 0. The Labute approximate surface area is 91.2 Å². The number of hydrogen-bond donors (Lipinski definition) is 2. The van der Waals surface area contributed by atoms with Crippen molar-refractivity contribution in [3.63, 3.8) is 0 Å². The minimum atomic E-state index is 0. The van der Waals surface area contributed by atoms with Crippen LogP contribution < -0.4 is 10.5 Å². The average molecular weight is 217 g/mol.